The van der Waals surface area contributed by atoms with Crippen LogP contribution in [0.25, 0.3) is 28.2 Å². The molecular weight excluding hydrogens is 415 g/mol. The predicted octanol–water partition coefficient (Wildman–Crippen LogP) is 4.83. The van der Waals surface area contributed by atoms with Gasteiger partial charge in [-0.2, -0.15) is 5.26 Å². The van der Waals surface area contributed by atoms with Crippen LogP contribution in [-0.4, -0.2) is 22.6 Å². The summed E-state index contributed by atoms with van der Waals surface area (Å²) in [4.78, 5) is 16.7. The Hall–Kier alpha value is -3.47. The second-order valence-electron chi connectivity index (χ2n) is 6.08. The molecule has 0 spiro atoms. The molecule has 0 fully saturated rings. The number of aromatic nitrogens is 2. The molecule has 0 radical (unpaired) electrons. The van der Waals surface area contributed by atoms with Crippen molar-refractivity contribution in [3.8, 4) is 23.2 Å². The van der Waals surface area contributed by atoms with E-state index in [1.807, 2.05) is 6.07 Å². The number of oxazole rings is 1. The van der Waals surface area contributed by atoms with Crippen molar-refractivity contribution in [1.82, 2.24) is 9.55 Å². The maximum Gasteiger partial charge on any atom is 0.357 e. The molecule has 144 valence electrons. The van der Waals surface area contributed by atoms with Crippen molar-refractivity contribution in [1.29, 1.82) is 5.26 Å². The van der Waals surface area contributed by atoms with Crippen LogP contribution >= 0.6 is 23.2 Å². The summed E-state index contributed by atoms with van der Waals surface area (Å²) in [5.74, 6) is -0.283. The van der Waals surface area contributed by atoms with E-state index in [-0.39, 0.29) is 16.9 Å². The van der Waals surface area contributed by atoms with E-state index in [9.17, 15) is 10.1 Å². The molecule has 0 bridgehead atoms. The third-order valence-corrected chi connectivity index (χ3v) is 5.10. The quantitative estimate of drug-likeness (QED) is 0.469. The number of rotatable bonds is 3. The van der Waals surface area contributed by atoms with Crippen molar-refractivity contribution in [3.63, 3.8) is 0 Å². The lowest BCUT2D eigenvalue weighted by atomic mass is 10.2. The van der Waals surface area contributed by atoms with Crippen LogP contribution in [0.15, 0.2) is 47.0 Å². The molecule has 4 rings (SSSR count). The van der Waals surface area contributed by atoms with Gasteiger partial charge in [-0.25, -0.2) is 9.78 Å². The molecule has 7 nitrogen and oxygen atoms in total. The van der Waals surface area contributed by atoms with Crippen LogP contribution in [0.5, 0.6) is 0 Å². The predicted molar refractivity (Wildman–Crippen MR) is 109 cm³/mol. The van der Waals surface area contributed by atoms with Crippen LogP contribution in [0.1, 0.15) is 16.1 Å². The molecule has 29 heavy (non-hydrogen) atoms. The minimum Gasteiger partial charge on any atom is -0.464 e. The lowest BCUT2D eigenvalue weighted by Crippen LogP contribution is -2.11. The molecule has 0 unspecified atom stereocenters. The monoisotopic (exact) mass is 426 g/mol. The second kappa shape index (κ2) is 7.17. The maximum absolute atomic E-state index is 12.2. The Morgan fingerprint density at radius 3 is 2.72 bits per heavy atom. The van der Waals surface area contributed by atoms with E-state index in [1.54, 1.807) is 36.4 Å². The molecular formula is C20H12Cl2N4O3. The zero-order chi connectivity index (χ0) is 20.7. The first-order chi connectivity index (χ1) is 13.9. The molecule has 0 aliphatic carbocycles. The first kappa shape index (κ1) is 18.9. The lowest BCUT2D eigenvalue weighted by molar-refractivity contribution is 0.0593. The smallest absolute Gasteiger partial charge is 0.357 e. The number of nitriles is 1. The summed E-state index contributed by atoms with van der Waals surface area (Å²) < 4.78 is 12.1. The van der Waals surface area contributed by atoms with Crippen LogP contribution < -0.4 is 5.73 Å². The molecule has 2 heterocycles. The van der Waals surface area contributed by atoms with Gasteiger partial charge in [0.05, 0.1) is 28.4 Å². The van der Waals surface area contributed by atoms with Gasteiger partial charge in [0.2, 0.25) is 5.89 Å². The zero-order valence-electron chi connectivity index (χ0n) is 14.9. The van der Waals surface area contributed by atoms with Gasteiger partial charge in [-0.1, -0.05) is 23.2 Å². The van der Waals surface area contributed by atoms with E-state index in [0.29, 0.717) is 38.3 Å². The van der Waals surface area contributed by atoms with Crippen LogP contribution in [0.2, 0.25) is 10.0 Å². The number of anilines is 1. The Balaban J connectivity index is 1.84. The highest BCUT2D eigenvalue weighted by Crippen LogP contribution is 2.31. The molecule has 0 aliphatic rings. The van der Waals surface area contributed by atoms with Gasteiger partial charge in [0.15, 0.2) is 11.3 Å². The largest absolute Gasteiger partial charge is 0.464 e. The summed E-state index contributed by atoms with van der Waals surface area (Å²) in [5, 5.41) is 10.1. The summed E-state index contributed by atoms with van der Waals surface area (Å²) in [6.07, 6.45) is 1.47. The van der Waals surface area contributed by atoms with Gasteiger partial charge in [0, 0.05) is 17.4 Å². The first-order valence-corrected chi connectivity index (χ1v) is 9.04. The molecule has 0 saturated heterocycles. The Labute approximate surface area is 174 Å². The number of esters is 1. The lowest BCUT2D eigenvalue weighted by Gasteiger charge is -2.08. The third kappa shape index (κ3) is 3.18. The molecule has 2 aromatic heterocycles. The third-order valence-electron chi connectivity index (χ3n) is 4.36. The summed E-state index contributed by atoms with van der Waals surface area (Å²) in [6.45, 7) is 0. The molecule has 0 amide bonds. The first-order valence-electron chi connectivity index (χ1n) is 8.28. The second-order valence-corrected chi connectivity index (χ2v) is 6.89. The van der Waals surface area contributed by atoms with E-state index < -0.39 is 5.97 Å². The number of carbonyl (C=O) groups excluding carboxylic acids is 1. The van der Waals surface area contributed by atoms with Crippen LogP contribution in [-0.2, 0) is 4.74 Å². The van der Waals surface area contributed by atoms with Crippen LogP contribution in [0.4, 0.5) is 5.69 Å². The van der Waals surface area contributed by atoms with E-state index in [1.165, 1.54) is 17.9 Å². The maximum atomic E-state index is 12.2. The SMILES string of the molecule is COC(=O)c1c(N)c(C#N)cn1-c1ccc2oc(-c3ccc(Cl)c(Cl)c3)nc2c1. The van der Waals surface area contributed by atoms with Crippen molar-refractivity contribution >= 4 is 46.0 Å². The number of nitrogen functional groups attached to an aromatic ring is 1. The average Bonchev–Trinajstić information content (AvgIpc) is 3.29. The topological polar surface area (TPSA) is 107 Å². The highest BCUT2D eigenvalue weighted by atomic mass is 35.5. The number of hydrogen-bond donors (Lipinski definition) is 1. The Morgan fingerprint density at radius 2 is 2.03 bits per heavy atom. The number of halogens is 2. The van der Waals surface area contributed by atoms with Crippen molar-refractivity contribution in [2.75, 3.05) is 12.8 Å². The summed E-state index contributed by atoms with van der Waals surface area (Å²) in [7, 11) is 1.25. The molecule has 0 saturated carbocycles. The minimum absolute atomic E-state index is 0.0519. The highest BCUT2D eigenvalue weighted by molar-refractivity contribution is 6.42. The number of hydrogen-bond acceptors (Lipinski definition) is 6. The molecule has 2 N–H and O–H groups in total. The fourth-order valence-corrected chi connectivity index (χ4v) is 3.23. The van der Waals surface area contributed by atoms with Gasteiger partial charge in [-0.15, -0.1) is 0 Å². The van der Waals surface area contributed by atoms with Gasteiger partial charge in [0.1, 0.15) is 11.6 Å². The van der Waals surface area contributed by atoms with Gasteiger partial charge in [0.25, 0.3) is 0 Å². The van der Waals surface area contributed by atoms with E-state index in [2.05, 4.69) is 4.98 Å². The molecule has 2 aromatic carbocycles. The van der Waals surface area contributed by atoms with E-state index >= 15 is 0 Å². The summed E-state index contributed by atoms with van der Waals surface area (Å²) in [6, 6.07) is 12.2. The van der Waals surface area contributed by atoms with Crippen molar-refractivity contribution < 1.29 is 13.9 Å². The van der Waals surface area contributed by atoms with Crippen molar-refractivity contribution in [3.05, 3.63) is 63.9 Å². The molecule has 9 heteroatoms. The zero-order valence-corrected chi connectivity index (χ0v) is 16.5. The number of methoxy groups -OCH3 is 1. The van der Waals surface area contributed by atoms with Crippen molar-refractivity contribution in [2.24, 2.45) is 0 Å². The standard InChI is InChI=1S/C20H12Cl2N4O3/c1-28-20(27)18-17(24)11(8-23)9-26(18)12-3-5-16-15(7-12)25-19(29-16)10-2-4-13(21)14(22)6-10/h2-7,9H,24H2,1H3. The van der Waals surface area contributed by atoms with E-state index in [0.717, 1.165) is 0 Å². The number of nitrogens with two attached hydrogens (primary N) is 1. The number of carbonyl (C=O) groups is 1. The number of benzene rings is 2. The fraction of sp³-hybridized carbons (Fsp3) is 0.0500. The Morgan fingerprint density at radius 1 is 1.24 bits per heavy atom. The molecule has 0 aliphatic heterocycles. The van der Waals surface area contributed by atoms with Crippen molar-refractivity contribution in [2.45, 2.75) is 0 Å². The number of nitrogens with zero attached hydrogens (tertiary/aromatic N) is 3. The van der Waals surface area contributed by atoms with Gasteiger partial charge in [-0.05, 0) is 36.4 Å². The van der Waals surface area contributed by atoms with Gasteiger partial charge >= 0.3 is 5.97 Å². The Kier molecular flexibility index (Phi) is 4.66. The summed E-state index contributed by atoms with van der Waals surface area (Å²) >= 11 is 12.0. The Bertz CT molecular complexity index is 1320. The van der Waals surface area contributed by atoms with E-state index in [4.69, 9.17) is 38.1 Å². The molecule has 4 aromatic rings. The number of fused-ring (bicyclic) bond motifs is 1. The fourth-order valence-electron chi connectivity index (χ4n) is 2.94. The minimum atomic E-state index is -0.652. The average molecular weight is 427 g/mol. The van der Waals surface area contributed by atoms with Gasteiger partial charge < -0.3 is 19.5 Å². The molecule has 0 atom stereocenters. The summed E-state index contributed by atoms with van der Waals surface area (Å²) in [5.41, 5.74) is 8.56. The van der Waals surface area contributed by atoms with Crippen LogP contribution in [0, 0.1) is 11.3 Å². The van der Waals surface area contributed by atoms with Gasteiger partial charge in [-0.3, -0.25) is 0 Å². The number of ether oxygens (including phenoxy) is 1. The highest BCUT2D eigenvalue weighted by Gasteiger charge is 2.22. The normalized spacial score (nSPS) is 10.8. The van der Waals surface area contributed by atoms with Crippen LogP contribution in [0.3, 0.4) is 0 Å².